The minimum absolute atomic E-state index is 0.215. The van der Waals surface area contributed by atoms with Crippen molar-refractivity contribution in [1.82, 2.24) is 0 Å². The third kappa shape index (κ3) is 3.76. The lowest BCUT2D eigenvalue weighted by Gasteiger charge is -2.40. The van der Waals surface area contributed by atoms with E-state index < -0.39 is 29.4 Å². The van der Waals surface area contributed by atoms with Crippen LogP contribution in [0.3, 0.4) is 0 Å². The first-order valence-corrected chi connectivity index (χ1v) is 8.07. The molecule has 1 saturated carbocycles. The highest BCUT2D eigenvalue weighted by molar-refractivity contribution is 6.00. The summed E-state index contributed by atoms with van der Waals surface area (Å²) in [7, 11) is 0. The highest BCUT2D eigenvalue weighted by atomic mass is 16.6. The molecule has 1 aliphatic carbocycles. The van der Waals surface area contributed by atoms with Crippen molar-refractivity contribution in [1.29, 1.82) is 0 Å². The Morgan fingerprint density at radius 2 is 1.57 bits per heavy atom. The van der Waals surface area contributed by atoms with Crippen LogP contribution in [0.2, 0.25) is 0 Å². The van der Waals surface area contributed by atoms with Gasteiger partial charge < -0.3 is 14.6 Å². The Hall–Kier alpha value is -1.10. The molecule has 0 aliphatic heterocycles. The molecule has 0 spiro atoms. The van der Waals surface area contributed by atoms with Crippen LogP contribution in [0.4, 0.5) is 0 Å². The normalized spacial score (nSPS) is 22.7. The molecule has 122 valence electrons. The van der Waals surface area contributed by atoms with Gasteiger partial charge in [-0.3, -0.25) is 9.59 Å². The van der Waals surface area contributed by atoms with Gasteiger partial charge in [-0.25, -0.2) is 0 Å². The van der Waals surface area contributed by atoms with Gasteiger partial charge >= 0.3 is 11.9 Å². The first-order chi connectivity index (χ1) is 10.0. The molecule has 1 N–H and O–H groups in total. The van der Waals surface area contributed by atoms with Gasteiger partial charge in [0.25, 0.3) is 0 Å². The van der Waals surface area contributed by atoms with E-state index in [0.717, 1.165) is 12.8 Å². The first-order valence-electron chi connectivity index (χ1n) is 8.07. The fourth-order valence-electron chi connectivity index (χ4n) is 3.38. The number of carbonyl (C=O) groups excluding carboxylic acids is 2. The van der Waals surface area contributed by atoms with Gasteiger partial charge in [0.1, 0.15) is 0 Å². The number of carbonyl (C=O) groups is 2. The molecule has 5 nitrogen and oxygen atoms in total. The summed E-state index contributed by atoms with van der Waals surface area (Å²) >= 11 is 0. The van der Waals surface area contributed by atoms with Crippen molar-refractivity contribution in [3.8, 4) is 0 Å². The number of esters is 2. The van der Waals surface area contributed by atoms with Crippen molar-refractivity contribution >= 4 is 11.9 Å². The quantitative estimate of drug-likeness (QED) is 0.577. The molecular weight excluding hydrogens is 272 g/mol. The summed E-state index contributed by atoms with van der Waals surface area (Å²) < 4.78 is 10.4. The first kappa shape index (κ1) is 18.0. The molecular formula is C16H28O5. The third-order valence-electron chi connectivity index (χ3n) is 4.29. The number of rotatable bonds is 7. The molecule has 0 aromatic heterocycles. The molecule has 0 amide bonds. The molecule has 0 radical (unpaired) electrons. The molecule has 2 atom stereocenters. The van der Waals surface area contributed by atoms with E-state index in [1.807, 2.05) is 6.92 Å². The van der Waals surface area contributed by atoms with Gasteiger partial charge in [0, 0.05) is 5.92 Å². The number of aliphatic hydroxyl groups excluding tert-OH is 1. The average molecular weight is 300 g/mol. The minimum atomic E-state index is -1.36. The van der Waals surface area contributed by atoms with Crippen LogP contribution in [0.5, 0.6) is 0 Å². The number of hydrogen-bond acceptors (Lipinski definition) is 5. The van der Waals surface area contributed by atoms with Crippen molar-refractivity contribution in [2.24, 2.45) is 11.3 Å². The maximum absolute atomic E-state index is 12.6. The smallest absolute Gasteiger partial charge is 0.323 e. The summed E-state index contributed by atoms with van der Waals surface area (Å²) in [5, 5.41) is 10.3. The zero-order valence-corrected chi connectivity index (χ0v) is 13.4. The Kier molecular flexibility index (Phi) is 7.15. The summed E-state index contributed by atoms with van der Waals surface area (Å²) in [6.07, 6.45) is 3.46. The monoisotopic (exact) mass is 300 g/mol. The van der Waals surface area contributed by atoms with Crippen LogP contribution in [0.15, 0.2) is 0 Å². The molecule has 1 aliphatic rings. The maximum Gasteiger partial charge on any atom is 0.323 e. The summed E-state index contributed by atoms with van der Waals surface area (Å²) in [5.41, 5.74) is -1.36. The zero-order valence-electron chi connectivity index (χ0n) is 13.4. The number of hydrogen-bond donors (Lipinski definition) is 1. The van der Waals surface area contributed by atoms with Gasteiger partial charge in [-0.2, -0.15) is 0 Å². The molecule has 21 heavy (non-hydrogen) atoms. The highest BCUT2D eigenvalue weighted by Gasteiger charge is 2.56. The summed E-state index contributed by atoms with van der Waals surface area (Å²) in [6, 6.07) is 0. The van der Waals surface area contributed by atoms with E-state index in [1.165, 1.54) is 0 Å². The van der Waals surface area contributed by atoms with Crippen LogP contribution in [-0.4, -0.2) is 36.4 Å². The molecule has 1 fully saturated rings. The molecule has 0 bridgehead atoms. The lowest BCUT2D eigenvalue weighted by molar-refractivity contribution is -0.183. The van der Waals surface area contributed by atoms with Crippen LogP contribution in [0, 0.1) is 11.3 Å². The lowest BCUT2D eigenvalue weighted by atomic mass is 9.65. The van der Waals surface area contributed by atoms with Gasteiger partial charge in [0.2, 0.25) is 0 Å². The zero-order chi connectivity index (χ0) is 15.9. The fourth-order valence-corrected chi connectivity index (χ4v) is 3.38. The van der Waals surface area contributed by atoms with E-state index in [4.69, 9.17) is 9.47 Å². The van der Waals surface area contributed by atoms with Crippen molar-refractivity contribution < 1.29 is 24.2 Å². The molecule has 1 rings (SSSR count). The van der Waals surface area contributed by atoms with Gasteiger partial charge in [0.05, 0.1) is 19.3 Å². The number of aliphatic hydroxyl groups is 1. The molecule has 0 heterocycles. The van der Waals surface area contributed by atoms with Crippen molar-refractivity contribution in [2.45, 2.75) is 65.4 Å². The average Bonchev–Trinajstić information content (AvgIpc) is 2.46. The van der Waals surface area contributed by atoms with E-state index in [0.29, 0.717) is 25.7 Å². The Morgan fingerprint density at radius 3 is 2.00 bits per heavy atom. The van der Waals surface area contributed by atoms with Gasteiger partial charge in [-0.05, 0) is 33.1 Å². The summed E-state index contributed by atoms with van der Waals surface area (Å²) in [5.74, 6) is -1.50. The largest absolute Gasteiger partial charge is 0.465 e. The highest BCUT2D eigenvalue weighted by Crippen LogP contribution is 2.44. The molecule has 0 aromatic carbocycles. The standard InChI is InChI=1S/C16H28O5/c1-4-11-16(14(18)20-5-2,15(19)21-6-3)12-9-7-8-10-13(12)17/h12-13,17H,4-11H2,1-3H3. The summed E-state index contributed by atoms with van der Waals surface area (Å²) in [4.78, 5) is 25.2. The lowest BCUT2D eigenvalue weighted by Crippen LogP contribution is -2.52. The van der Waals surface area contributed by atoms with Crippen molar-refractivity contribution in [3.05, 3.63) is 0 Å². The van der Waals surface area contributed by atoms with Crippen molar-refractivity contribution in [3.63, 3.8) is 0 Å². The third-order valence-corrected chi connectivity index (χ3v) is 4.29. The van der Waals surface area contributed by atoms with E-state index in [1.54, 1.807) is 13.8 Å². The molecule has 2 unspecified atom stereocenters. The number of ether oxygens (including phenoxy) is 2. The predicted molar refractivity (Wildman–Crippen MR) is 78.6 cm³/mol. The van der Waals surface area contributed by atoms with E-state index in [9.17, 15) is 14.7 Å². The second kappa shape index (κ2) is 8.37. The molecule has 5 heteroatoms. The Labute approximate surface area is 127 Å². The van der Waals surface area contributed by atoms with Crippen LogP contribution in [0.1, 0.15) is 59.3 Å². The molecule has 0 aromatic rings. The van der Waals surface area contributed by atoms with Gasteiger partial charge in [-0.1, -0.05) is 26.2 Å². The Balaban J connectivity index is 3.20. The second-order valence-corrected chi connectivity index (χ2v) is 5.62. The molecule has 0 saturated heterocycles. The summed E-state index contributed by atoms with van der Waals surface area (Å²) in [6.45, 7) is 5.79. The van der Waals surface area contributed by atoms with Crippen LogP contribution in [0.25, 0.3) is 0 Å². The maximum atomic E-state index is 12.6. The second-order valence-electron chi connectivity index (χ2n) is 5.62. The predicted octanol–water partition coefficient (Wildman–Crippen LogP) is 2.45. The van der Waals surface area contributed by atoms with Crippen molar-refractivity contribution in [2.75, 3.05) is 13.2 Å². The Morgan fingerprint density at radius 1 is 1.05 bits per heavy atom. The minimum Gasteiger partial charge on any atom is -0.465 e. The van der Waals surface area contributed by atoms with E-state index in [2.05, 4.69) is 0 Å². The van der Waals surface area contributed by atoms with Crippen LogP contribution in [-0.2, 0) is 19.1 Å². The fraction of sp³-hybridized carbons (Fsp3) is 0.875. The Bertz CT molecular complexity index is 335. The van der Waals surface area contributed by atoms with Crippen LogP contribution >= 0.6 is 0 Å². The van der Waals surface area contributed by atoms with E-state index in [-0.39, 0.29) is 13.2 Å². The topological polar surface area (TPSA) is 72.8 Å². The van der Waals surface area contributed by atoms with Gasteiger partial charge in [0.15, 0.2) is 5.41 Å². The van der Waals surface area contributed by atoms with Gasteiger partial charge in [-0.15, -0.1) is 0 Å². The SMILES string of the molecule is CCCC(C(=O)OCC)(C(=O)OCC)C1CCCCC1O. The van der Waals surface area contributed by atoms with Crippen LogP contribution < -0.4 is 0 Å². The van der Waals surface area contributed by atoms with E-state index >= 15 is 0 Å².